The van der Waals surface area contributed by atoms with Gasteiger partial charge in [-0.2, -0.15) is 0 Å². The van der Waals surface area contributed by atoms with Crippen molar-refractivity contribution in [2.75, 3.05) is 0 Å². The van der Waals surface area contributed by atoms with Gasteiger partial charge in [0.25, 0.3) is 0 Å². The molecule has 0 radical (unpaired) electrons. The second-order valence-electron chi connectivity index (χ2n) is 8.75. The zero-order valence-corrected chi connectivity index (χ0v) is 19.4. The number of ketones is 1. The minimum absolute atomic E-state index is 0.0192. The molecule has 1 aliphatic rings. The van der Waals surface area contributed by atoms with Crippen molar-refractivity contribution in [3.05, 3.63) is 112 Å². The third-order valence-corrected chi connectivity index (χ3v) is 6.32. The van der Waals surface area contributed by atoms with Crippen molar-refractivity contribution < 1.29 is 14.3 Å². The molecule has 1 aromatic heterocycles. The summed E-state index contributed by atoms with van der Waals surface area (Å²) in [5.41, 5.74) is 2.82. The predicted molar refractivity (Wildman–Crippen MR) is 142 cm³/mol. The van der Waals surface area contributed by atoms with Gasteiger partial charge in [0, 0.05) is 23.3 Å². The van der Waals surface area contributed by atoms with E-state index in [2.05, 4.69) is 4.99 Å². The number of hydrogen-bond donors (Lipinski definition) is 1. The van der Waals surface area contributed by atoms with E-state index in [-0.39, 0.29) is 23.5 Å². The molecule has 6 nitrogen and oxygen atoms in total. The summed E-state index contributed by atoms with van der Waals surface area (Å²) in [6.45, 7) is 1.82. The highest BCUT2D eigenvalue weighted by Crippen LogP contribution is 2.37. The van der Waals surface area contributed by atoms with Gasteiger partial charge in [0.1, 0.15) is 16.9 Å². The van der Waals surface area contributed by atoms with Gasteiger partial charge in [-0.25, -0.2) is 9.79 Å². The molecule has 2 heterocycles. The number of fused-ring (bicyclic) bond motifs is 4. The van der Waals surface area contributed by atoms with Gasteiger partial charge < -0.3 is 9.52 Å². The molecule has 0 atom stereocenters. The molecule has 0 aliphatic carbocycles. The Morgan fingerprint density at radius 3 is 2.47 bits per heavy atom. The lowest BCUT2D eigenvalue weighted by Crippen LogP contribution is -2.17. The molecular weight excluding hydrogens is 452 g/mol. The number of benzene rings is 4. The number of carbonyl (C=O) groups excluding carboxylic acids is 1. The van der Waals surface area contributed by atoms with Gasteiger partial charge in [0.15, 0.2) is 5.78 Å². The number of aliphatic imine (C=N–C) groups is 2. The van der Waals surface area contributed by atoms with Crippen molar-refractivity contribution in [2.24, 2.45) is 9.98 Å². The molecule has 6 heteroatoms. The maximum Gasteiger partial charge on any atom is 0.349 e. The lowest BCUT2D eigenvalue weighted by Gasteiger charge is -2.10. The van der Waals surface area contributed by atoms with Crippen molar-refractivity contribution in [3.8, 4) is 5.75 Å². The Morgan fingerprint density at radius 1 is 0.861 bits per heavy atom. The smallest absolute Gasteiger partial charge is 0.349 e. The van der Waals surface area contributed by atoms with E-state index >= 15 is 0 Å². The first-order valence-electron chi connectivity index (χ1n) is 11.5. The van der Waals surface area contributed by atoms with Crippen molar-refractivity contribution in [1.82, 2.24) is 0 Å². The van der Waals surface area contributed by atoms with E-state index in [0.29, 0.717) is 44.9 Å². The lowest BCUT2D eigenvalue weighted by atomic mass is 10.00. The van der Waals surface area contributed by atoms with Gasteiger partial charge in [-0.15, -0.1) is 0 Å². The molecule has 0 unspecified atom stereocenters. The van der Waals surface area contributed by atoms with Crippen LogP contribution in [0.1, 0.15) is 34.8 Å². The normalized spacial score (nSPS) is 13.1. The fourth-order valence-corrected chi connectivity index (χ4v) is 4.63. The second kappa shape index (κ2) is 8.43. The van der Waals surface area contributed by atoms with Crippen LogP contribution in [0.25, 0.3) is 21.7 Å². The maximum atomic E-state index is 13.0. The van der Waals surface area contributed by atoms with Crippen LogP contribution >= 0.6 is 0 Å². The highest BCUT2D eigenvalue weighted by molar-refractivity contribution is 6.19. The molecule has 1 aliphatic heterocycles. The Kier molecular flexibility index (Phi) is 5.08. The average Bonchev–Trinajstić information content (AvgIpc) is 3.05. The number of nitrogens with zero attached hydrogens (tertiary/aromatic N) is 2. The van der Waals surface area contributed by atoms with Gasteiger partial charge in [-0.3, -0.25) is 9.79 Å². The molecule has 0 saturated heterocycles. The van der Waals surface area contributed by atoms with Gasteiger partial charge in [-0.1, -0.05) is 60.7 Å². The van der Waals surface area contributed by atoms with Crippen molar-refractivity contribution >= 4 is 50.3 Å². The Labute approximate surface area is 205 Å². The van der Waals surface area contributed by atoms with E-state index in [9.17, 15) is 14.7 Å². The summed E-state index contributed by atoms with van der Waals surface area (Å²) < 4.78 is 5.62. The van der Waals surface area contributed by atoms with Crippen LogP contribution in [0.4, 0.5) is 11.4 Å². The first-order valence-corrected chi connectivity index (χ1v) is 11.5. The molecule has 0 saturated carbocycles. The molecule has 174 valence electrons. The minimum Gasteiger partial charge on any atom is -0.506 e. The summed E-state index contributed by atoms with van der Waals surface area (Å²) in [5, 5.41) is 13.5. The summed E-state index contributed by atoms with van der Waals surface area (Å²) in [7, 11) is 0. The van der Waals surface area contributed by atoms with Crippen LogP contribution in [0.3, 0.4) is 0 Å². The summed E-state index contributed by atoms with van der Waals surface area (Å²) in [6.07, 6.45) is 0.241. The molecule has 0 bridgehead atoms. The molecule has 1 N–H and O–H groups in total. The Balaban J connectivity index is 1.51. The topological polar surface area (TPSA) is 92.2 Å². The van der Waals surface area contributed by atoms with E-state index in [1.165, 1.54) is 0 Å². The summed E-state index contributed by atoms with van der Waals surface area (Å²) in [6, 6.07) is 25.3. The number of hydrogen-bond acceptors (Lipinski definition) is 6. The molecule has 36 heavy (non-hydrogen) atoms. The molecule has 0 amide bonds. The van der Waals surface area contributed by atoms with Gasteiger partial charge in [0.05, 0.1) is 22.5 Å². The standard InChI is InChI=1S/C30H20N2O4/c1-17-15-24(27-29(34)26-21-10-6-5-7-18(21)12-14-25(26)36-30(27)35)32-22-13-11-20(16-23(22)31-17)28(33)19-8-3-2-4-9-19/h2-14,16,34H,15H2,1H3. The fourth-order valence-electron chi connectivity index (χ4n) is 4.63. The van der Waals surface area contributed by atoms with E-state index < -0.39 is 5.63 Å². The van der Waals surface area contributed by atoms with Crippen LogP contribution in [-0.4, -0.2) is 22.3 Å². The zero-order valence-electron chi connectivity index (χ0n) is 19.4. The highest BCUT2D eigenvalue weighted by Gasteiger charge is 2.23. The molecule has 6 rings (SSSR count). The number of carbonyl (C=O) groups is 1. The molecule has 5 aromatic rings. The summed E-state index contributed by atoms with van der Waals surface area (Å²) >= 11 is 0. The summed E-state index contributed by atoms with van der Waals surface area (Å²) in [5.74, 6) is -0.275. The Morgan fingerprint density at radius 2 is 1.64 bits per heavy atom. The highest BCUT2D eigenvalue weighted by atomic mass is 16.4. The Bertz CT molecular complexity index is 1810. The molecule has 0 fully saturated rings. The van der Waals surface area contributed by atoms with Crippen LogP contribution in [0.15, 0.2) is 104 Å². The van der Waals surface area contributed by atoms with Crippen LogP contribution in [-0.2, 0) is 0 Å². The monoisotopic (exact) mass is 472 g/mol. The van der Waals surface area contributed by atoms with E-state index in [0.717, 1.165) is 10.8 Å². The Hall–Kier alpha value is -4.84. The van der Waals surface area contributed by atoms with Crippen molar-refractivity contribution in [1.29, 1.82) is 0 Å². The summed E-state index contributed by atoms with van der Waals surface area (Å²) in [4.78, 5) is 35.3. The SMILES string of the molecule is CC1=Nc2cc(C(=O)c3ccccc3)ccc2N=C(c2c(O)c3c(ccc4ccccc43)oc2=O)C1. The number of rotatable bonds is 3. The minimum atomic E-state index is -0.666. The first-order chi connectivity index (χ1) is 17.5. The first kappa shape index (κ1) is 21.7. The number of aromatic hydroxyl groups is 1. The zero-order chi connectivity index (χ0) is 24.8. The average molecular weight is 473 g/mol. The second-order valence-corrected chi connectivity index (χ2v) is 8.75. The van der Waals surface area contributed by atoms with Crippen LogP contribution in [0, 0.1) is 0 Å². The van der Waals surface area contributed by atoms with E-state index in [1.54, 1.807) is 36.4 Å². The third kappa shape index (κ3) is 3.60. The van der Waals surface area contributed by atoms with Crippen molar-refractivity contribution in [2.45, 2.75) is 13.3 Å². The molecule has 0 spiro atoms. The van der Waals surface area contributed by atoms with Crippen LogP contribution in [0.2, 0.25) is 0 Å². The predicted octanol–water partition coefficient (Wildman–Crippen LogP) is 6.50. The maximum absolute atomic E-state index is 13.0. The van der Waals surface area contributed by atoms with Gasteiger partial charge >= 0.3 is 5.63 Å². The largest absolute Gasteiger partial charge is 0.506 e. The van der Waals surface area contributed by atoms with Crippen LogP contribution in [0.5, 0.6) is 5.75 Å². The van der Waals surface area contributed by atoms with Gasteiger partial charge in [-0.05, 0) is 42.0 Å². The van der Waals surface area contributed by atoms with E-state index in [1.807, 2.05) is 55.5 Å². The quantitative estimate of drug-likeness (QED) is 0.184. The lowest BCUT2D eigenvalue weighted by molar-refractivity contribution is 0.103. The third-order valence-electron chi connectivity index (χ3n) is 6.32. The van der Waals surface area contributed by atoms with Crippen LogP contribution < -0.4 is 5.63 Å². The molecule has 4 aromatic carbocycles. The fraction of sp³-hybridized carbons (Fsp3) is 0.0667. The van der Waals surface area contributed by atoms with Gasteiger partial charge in [0.2, 0.25) is 0 Å². The van der Waals surface area contributed by atoms with Crippen molar-refractivity contribution in [3.63, 3.8) is 0 Å². The molecular formula is C30H20N2O4. The van der Waals surface area contributed by atoms with E-state index in [4.69, 9.17) is 9.41 Å².